The van der Waals surface area contributed by atoms with Crippen LogP contribution in [0.15, 0.2) is 35.2 Å². The summed E-state index contributed by atoms with van der Waals surface area (Å²) in [5.41, 5.74) is 0.234. The third-order valence-corrected chi connectivity index (χ3v) is 6.88. The quantitative estimate of drug-likeness (QED) is 0.859. The first kappa shape index (κ1) is 14.0. The molecule has 20 heavy (non-hydrogen) atoms. The lowest BCUT2D eigenvalue weighted by Gasteiger charge is -2.52. The van der Waals surface area contributed by atoms with E-state index in [0.29, 0.717) is 24.1 Å². The van der Waals surface area contributed by atoms with Crippen LogP contribution in [-0.2, 0) is 14.8 Å². The van der Waals surface area contributed by atoms with Crippen LogP contribution in [0.5, 0.6) is 0 Å². The van der Waals surface area contributed by atoms with Gasteiger partial charge in [0, 0.05) is 20.2 Å². The zero-order valence-electron chi connectivity index (χ0n) is 11.8. The molecule has 0 radical (unpaired) electrons. The lowest BCUT2D eigenvalue weighted by molar-refractivity contribution is -0.113. The largest absolute Gasteiger partial charge is 0.381 e. The van der Waals surface area contributed by atoms with E-state index in [-0.39, 0.29) is 5.41 Å². The highest BCUT2D eigenvalue weighted by atomic mass is 32.2. The van der Waals surface area contributed by atoms with Crippen LogP contribution < -0.4 is 0 Å². The maximum absolute atomic E-state index is 12.6. The van der Waals surface area contributed by atoms with E-state index < -0.39 is 10.0 Å². The van der Waals surface area contributed by atoms with Crippen LogP contribution in [-0.4, -0.2) is 39.0 Å². The minimum atomic E-state index is -3.33. The van der Waals surface area contributed by atoms with Crippen LogP contribution in [0.1, 0.15) is 25.7 Å². The first-order valence-corrected chi connectivity index (χ1v) is 8.60. The first-order valence-electron chi connectivity index (χ1n) is 7.16. The van der Waals surface area contributed by atoms with Gasteiger partial charge in [-0.1, -0.05) is 18.2 Å². The molecule has 5 heteroatoms. The summed E-state index contributed by atoms with van der Waals surface area (Å²) in [4.78, 5) is 0.396. The van der Waals surface area contributed by atoms with Crippen LogP contribution in [0.3, 0.4) is 0 Å². The van der Waals surface area contributed by atoms with Crippen molar-refractivity contribution >= 4 is 10.0 Å². The fraction of sp³-hybridized carbons (Fsp3) is 0.600. The molecule has 1 aliphatic carbocycles. The fourth-order valence-corrected chi connectivity index (χ4v) is 4.99. The molecule has 1 aromatic rings. The molecule has 1 aliphatic heterocycles. The second kappa shape index (κ2) is 5.13. The van der Waals surface area contributed by atoms with Crippen molar-refractivity contribution in [3.05, 3.63) is 30.3 Å². The summed E-state index contributed by atoms with van der Waals surface area (Å²) >= 11 is 0. The van der Waals surface area contributed by atoms with Crippen molar-refractivity contribution in [1.82, 2.24) is 4.31 Å². The van der Waals surface area contributed by atoms with Crippen molar-refractivity contribution in [3.8, 4) is 0 Å². The molecule has 2 fully saturated rings. The molecule has 3 rings (SSSR count). The van der Waals surface area contributed by atoms with Crippen molar-refractivity contribution in [2.45, 2.75) is 36.7 Å². The Morgan fingerprint density at radius 3 is 2.30 bits per heavy atom. The van der Waals surface area contributed by atoms with Gasteiger partial charge < -0.3 is 4.74 Å². The van der Waals surface area contributed by atoms with Gasteiger partial charge in [-0.25, -0.2) is 8.42 Å². The summed E-state index contributed by atoms with van der Waals surface area (Å²) in [5, 5.41) is 0. The third-order valence-electron chi connectivity index (χ3n) is 4.97. The maximum Gasteiger partial charge on any atom is 0.243 e. The molecule has 0 aromatic heterocycles. The summed E-state index contributed by atoms with van der Waals surface area (Å²) in [7, 11) is -1.57. The molecule has 1 atom stereocenters. The van der Waals surface area contributed by atoms with E-state index in [1.807, 2.05) is 6.07 Å². The molecule has 0 N–H and O–H groups in total. The summed E-state index contributed by atoms with van der Waals surface area (Å²) in [6.07, 6.45) is 4.44. The van der Waals surface area contributed by atoms with Gasteiger partial charge in [-0.3, -0.25) is 0 Å². The SMILES string of the molecule is COC1CCC12CCN(S(=O)(=O)c1ccccc1)CC2. The summed E-state index contributed by atoms with van der Waals surface area (Å²) in [6.45, 7) is 1.22. The van der Waals surface area contributed by atoms with Crippen molar-refractivity contribution in [2.75, 3.05) is 20.2 Å². The normalized spacial score (nSPS) is 26.4. The van der Waals surface area contributed by atoms with E-state index in [4.69, 9.17) is 4.74 Å². The molecule has 110 valence electrons. The number of ether oxygens (including phenoxy) is 1. The number of piperidine rings is 1. The summed E-state index contributed by atoms with van der Waals surface area (Å²) in [6, 6.07) is 8.71. The van der Waals surface area contributed by atoms with Gasteiger partial charge >= 0.3 is 0 Å². The van der Waals surface area contributed by atoms with Crippen molar-refractivity contribution in [1.29, 1.82) is 0 Å². The number of nitrogens with zero attached hydrogens (tertiary/aromatic N) is 1. The Balaban J connectivity index is 1.72. The van der Waals surface area contributed by atoms with Gasteiger partial charge in [0.1, 0.15) is 0 Å². The lowest BCUT2D eigenvalue weighted by atomic mass is 9.61. The Hall–Kier alpha value is -0.910. The van der Waals surface area contributed by atoms with E-state index in [9.17, 15) is 8.42 Å². The van der Waals surface area contributed by atoms with E-state index in [1.165, 1.54) is 6.42 Å². The Labute approximate surface area is 120 Å². The molecule has 0 bridgehead atoms. The smallest absolute Gasteiger partial charge is 0.243 e. The van der Waals surface area contributed by atoms with Crippen LogP contribution in [0, 0.1) is 5.41 Å². The minimum absolute atomic E-state index is 0.234. The summed E-state index contributed by atoms with van der Waals surface area (Å²) < 4.78 is 32.2. The van der Waals surface area contributed by atoms with Gasteiger partial charge in [0.2, 0.25) is 10.0 Å². The van der Waals surface area contributed by atoms with Gasteiger partial charge in [-0.05, 0) is 43.2 Å². The monoisotopic (exact) mass is 295 g/mol. The number of hydrogen-bond acceptors (Lipinski definition) is 3. The Morgan fingerprint density at radius 2 is 1.80 bits per heavy atom. The molecule has 1 heterocycles. The number of sulfonamides is 1. The van der Waals surface area contributed by atoms with Crippen molar-refractivity contribution < 1.29 is 13.2 Å². The van der Waals surface area contributed by atoms with Crippen LogP contribution in [0.2, 0.25) is 0 Å². The van der Waals surface area contributed by atoms with Crippen LogP contribution in [0.25, 0.3) is 0 Å². The molecule has 0 amide bonds. The lowest BCUT2D eigenvalue weighted by Crippen LogP contribution is -2.53. The second-order valence-corrected chi connectivity index (χ2v) is 7.78. The Bertz CT molecular complexity index is 560. The van der Waals surface area contributed by atoms with E-state index in [2.05, 4.69) is 0 Å². The van der Waals surface area contributed by atoms with Crippen molar-refractivity contribution in [2.24, 2.45) is 5.41 Å². The number of benzene rings is 1. The highest BCUT2D eigenvalue weighted by Crippen LogP contribution is 2.50. The molecule has 1 unspecified atom stereocenters. The van der Waals surface area contributed by atoms with E-state index in [0.717, 1.165) is 19.3 Å². The number of rotatable bonds is 3. The average molecular weight is 295 g/mol. The van der Waals surface area contributed by atoms with E-state index in [1.54, 1.807) is 35.7 Å². The van der Waals surface area contributed by atoms with E-state index >= 15 is 0 Å². The number of hydrogen-bond donors (Lipinski definition) is 0. The van der Waals surface area contributed by atoms with Crippen molar-refractivity contribution in [3.63, 3.8) is 0 Å². The zero-order chi connectivity index (χ0) is 14.2. The molecule has 1 aromatic carbocycles. The molecule has 1 saturated carbocycles. The Kier molecular flexibility index (Phi) is 3.60. The van der Waals surface area contributed by atoms with Gasteiger partial charge in [0.15, 0.2) is 0 Å². The standard InChI is InChI=1S/C15H21NO3S/c1-19-14-7-8-15(14)9-11-16(12-10-15)20(17,18)13-5-3-2-4-6-13/h2-6,14H,7-12H2,1H3. The number of methoxy groups -OCH3 is 1. The second-order valence-electron chi connectivity index (χ2n) is 5.84. The van der Waals surface area contributed by atoms with Gasteiger partial charge in [-0.15, -0.1) is 0 Å². The highest BCUT2D eigenvalue weighted by Gasteiger charge is 2.49. The molecule has 1 spiro atoms. The fourth-order valence-electron chi connectivity index (χ4n) is 3.52. The van der Waals surface area contributed by atoms with Gasteiger partial charge in [0.05, 0.1) is 11.0 Å². The van der Waals surface area contributed by atoms with Gasteiger partial charge in [0.25, 0.3) is 0 Å². The third kappa shape index (κ3) is 2.18. The topological polar surface area (TPSA) is 46.6 Å². The molecular weight excluding hydrogens is 274 g/mol. The molecule has 4 nitrogen and oxygen atoms in total. The predicted molar refractivity (Wildman–Crippen MR) is 76.9 cm³/mol. The predicted octanol–water partition coefficient (Wildman–Crippen LogP) is 2.27. The molecular formula is C15H21NO3S. The average Bonchev–Trinajstić information content (AvgIpc) is 2.48. The minimum Gasteiger partial charge on any atom is -0.381 e. The van der Waals surface area contributed by atoms with Crippen LogP contribution in [0.4, 0.5) is 0 Å². The molecule has 2 aliphatic rings. The summed E-state index contributed by atoms with van der Waals surface area (Å²) in [5.74, 6) is 0. The zero-order valence-corrected chi connectivity index (χ0v) is 12.6. The first-order chi connectivity index (χ1) is 9.58. The molecule has 1 saturated heterocycles. The van der Waals surface area contributed by atoms with Crippen LogP contribution >= 0.6 is 0 Å². The maximum atomic E-state index is 12.6. The Morgan fingerprint density at radius 1 is 1.15 bits per heavy atom. The highest BCUT2D eigenvalue weighted by molar-refractivity contribution is 7.89. The van der Waals surface area contributed by atoms with Gasteiger partial charge in [-0.2, -0.15) is 4.31 Å².